The van der Waals surface area contributed by atoms with Crippen LogP contribution in [-0.2, 0) is 0 Å². The Hall–Kier alpha value is -2.59. The lowest BCUT2D eigenvalue weighted by molar-refractivity contribution is -0.512. The maximum absolute atomic E-state index is 3.20. The topological polar surface area (TPSA) is 4.10 Å². The summed E-state index contributed by atoms with van der Waals surface area (Å²) in [5, 5.41) is 0. The van der Waals surface area contributed by atoms with E-state index in [1.54, 1.807) is 0 Å². The normalized spacial score (nSPS) is 9.95. The van der Waals surface area contributed by atoms with E-state index < -0.39 is 0 Å². The van der Waals surface area contributed by atoms with Gasteiger partial charge in [0.15, 0.2) is 12.4 Å². The predicted molar refractivity (Wildman–Crippen MR) is 76.8 cm³/mol. The van der Waals surface area contributed by atoms with E-state index in [0.29, 0.717) is 0 Å². The molecule has 2 aromatic heterocycles. The SMILES string of the molecule is Cc1ccc(C#Cc2ccc3cccc[n+]3c2)cc1. The minimum absolute atomic E-state index is 1.02. The zero-order valence-corrected chi connectivity index (χ0v) is 10.8. The van der Waals surface area contributed by atoms with Crippen LogP contribution in [0.2, 0.25) is 0 Å². The number of hydrogen-bond donors (Lipinski definition) is 0. The molecule has 19 heavy (non-hydrogen) atoms. The standard InChI is InChI=1S/C18H14N/c1-15-5-7-16(8-6-15)9-10-17-11-12-18-4-2-3-13-19(18)14-17/h2-8,11-14H,1H3/q+1. The van der Waals surface area contributed by atoms with E-state index in [4.69, 9.17) is 0 Å². The summed E-state index contributed by atoms with van der Waals surface area (Å²) < 4.78 is 2.08. The second kappa shape index (κ2) is 4.96. The van der Waals surface area contributed by atoms with Crippen molar-refractivity contribution >= 4 is 5.52 Å². The van der Waals surface area contributed by atoms with Crippen LogP contribution in [0, 0.1) is 18.8 Å². The number of pyridine rings is 2. The third-order valence-electron chi connectivity index (χ3n) is 3.04. The molecule has 2 heterocycles. The van der Waals surface area contributed by atoms with Gasteiger partial charge in [0.05, 0.1) is 5.56 Å². The molecule has 0 saturated carbocycles. The molecule has 0 fully saturated rings. The summed E-state index contributed by atoms with van der Waals surface area (Å²) in [5.41, 5.74) is 4.49. The van der Waals surface area contributed by atoms with Gasteiger partial charge in [-0.05, 0) is 31.2 Å². The Bertz CT molecular complexity index is 774. The van der Waals surface area contributed by atoms with Crippen molar-refractivity contribution in [1.29, 1.82) is 0 Å². The number of hydrogen-bond acceptors (Lipinski definition) is 0. The second-order valence-corrected chi connectivity index (χ2v) is 4.57. The smallest absolute Gasteiger partial charge is 0.166 e. The molecule has 0 aliphatic rings. The molecule has 3 rings (SSSR count). The fourth-order valence-electron chi connectivity index (χ4n) is 1.95. The molecule has 0 saturated heterocycles. The average Bonchev–Trinajstić information content (AvgIpc) is 2.46. The molecule has 3 aromatic rings. The van der Waals surface area contributed by atoms with Crippen LogP contribution in [0.1, 0.15) is 16.7 Å². The number of aryl methyl sites for hydroxylation is 1. The summed E-state index contributed by atoms with van der Waals surface area (Å²) in [5.74, 6) is 6.39. The first-order chi connectivity index (χ1) is 9.31. The molecule has 0 aliphatic heterocycles. The Morgan fingerprint density at radius 3 is 2.37 bits per heavy atom. The Morgan fingerprint density at radius 2 is 1.53 bits per heavy atom. The molecule has 1 aromatic carbocycles. The molecule has 0 unspecified atom stereocenters. The van der Waals surface area contributed by atoms with Crippen molar-refractivity contribution in [1.82, 2.24) is 0 Å². The zero-order valence-electron chi connectivity index (χ0n) is 10.8. The van der Waals surface area contributed by atoms with Gasteiger partial charge in [0, 0.05) is 23.8 Å². The van der Waals surface area contributed by atoms with Crippen molar-refractivity contribution in [3.8, 4) is 11.8 Å². The van der Waals surface area contributed by atoms with Crippen LogP contribution >= 0.6 is 0 Å². The number of benzene rings is 1. The minimum atomic E-state index is 1.02. The van der Waals surface area contributed by atoms with Gasteiger partial charge in [-0.2, -0.15) is 4.40 Å². The number of rotatable bonds is 0. The van der Waals surface area contributed by atoms with Crippen LogP contribution in [0.3, 0.4) is 0 Å². The molecule has 0 spiro atoms. The lowest BCUT2D eigenvalue weighted by Gasteiger charge is -1.92. The maximum Gasteiger partial charge on any atom is 0.210 e. The molecule has 0 radical (unpaired) electrons. The molecule has 0 amide bonds. The van der Waals surface area contributed by atoms with Crippen molar-refractivity contribution in [3.05, 3.63) is 83.7 Å². The lowest BCUT2D eigenvalue weighted by atomic mass is 10.1. The first-order valence-corrected chi connectivity index (χ1v) is 6.30. The highest BCUT2D eigenvalue weighted by molar-refractivity contribution is 5.45. The van der Waals surface area contributed by atoms with Gasteiger partial charge >= 0.3 is 0 Å². The maximum atomic E-state index is 3.20. The fourth-order valence-corrected chi connectivity index (χ4v) is 1.95. The Labute approximate surface area is 113 Å². The monoisotopic (exact) mass is 244 g/mol. The van der Waals surface area contributed by atoms with Crippen LogP contribution < -0.4 is 4.40 Å². The summed E-state index contributed by atoms with van der Waals surface area (Å²) >= 11 is 0. The van der Waals surface area contributed by atoms with Crippen molar-refractivity contribution in [3.63, 3.8) is 0 Å². The van der Waals surface area contributed by atoms with Crippen molar-refractivity contribution in [2.24, 2.45) is 0 Å². The van der Waals surface area contributed by atoms with Gasteiger partial charge in [0.25, 0.3) is 0 Å². The zero-order chi connectivity index (χ0) is 13.1. The fraction of sp³-hybridized carbons (Fsp3) is 0.0556. The summed E-state index contributed by atoms with van der Waals surface area (Å²) in [6.07, 6.45) is 4.09. The predicted octanol–water partition coefficient (Wildman–Crippen LogP) is 3.13. The van der Waals surface area contributed by atoms with Gasteiger partial charge in [-0.25, -0.2) is 0 Å². The molecule has 0 atom stereocenters. The third kappa shape index (κ3) is 2.64. The van der Waals surface area contributed by atoms with E-state index in [0.717, 1.165) is 11.1 Å². The number of nitrogens with zero attached hydrogens (tertiary/aromatic N) is 1. The van der Waals surface area contributed by atoms with Gasteiger partial charge < -0.3 is 0 Å². The molecule has 90 valence electrons. The van der Waals surface area contributed by atoms with E-state index in [-0.39, 0.29) is 0 Å². The van der Waals surface area contributed by atoms with E-state index >= 15 is 0 Å². The van der Waals surface area contributed by atoms with Gasteiger partial charge in [-0.15, -0.1) is 0 Å². The second-order valence-electron chi connectivity index (χ2n) is 4.57. The minimum Gasteiger partial charge on any atom is -0.166 e. The Balaban J connectivity index is 1.95. The summed E-state index contributed by atoms with van der Waals surface area (Å²) in [6.45, 7) is 2.08. The summed E-state index contributed by atoms with van der Waals surface area (Å²) in [4.78, 5) is 0. The van der Waals surface area contributed by atoms with Crippen LogP contribution in [0.4, 0.5) is 0 Å². The third-order valence-corrected chi connectivity index (χ3v) is 3.04. The highest BCUT2D eigenvalue weighted by atomic mass is 14.8. The van der Waals surface area contributed by atoms with Crippen LogP contribution in [-0.4, -0.2) is 0 Å². The average molecular weight is 244 g/mol. The molecule has 1 heteroatoms. The number of aromatic nitrogens is 1. The van der Waals surface area contributed by atoms with Gasteiger partial charge in [0.2, 0.25) is 5.52 Å². The number of fused-ring (bicyclic) bond motifs is 1. The molecule has 0 bridgehead atoms. The highest BCUT2D eigenvalue weighted by Gasteiger charge is 2.00. The molecular formula is C18H14N+. The quantitative estimate of drug-likeness (QED) is 0.422. The molecule has 0 N–H and O–H groups in total. The highest BCUT2D eigenvalue weighted by Crippen LogP contribution is 2.03. The molecule has 1 nitrogen and oxygen atoms in total. The van der Waals surface area contributed by atoms with E-state index in [2.05, 4.69) is 71.8 Å². The molecule has 0 aliphatic carbocycles. The summed E-state index contributed by atoms with van der Waals surface area (Å²) in [6, 6.07) is 18.5. The van der Waals surface area contributed by atoms with Crippen LogP contribution in [0.15, 0.2) is 67.0 Å². The van der Waals surface area contributed by atoms with Crippen LogP contribution in [0.25, 0.3) is 5.52 Å². The van der Waals surface area contributed by atoms with Gasteiger partial charge in [-0.3, -0.25) is 0 Å². The van der Waals surface area contributed by atoms with Gasteiger partial charge in [-0.1, -0.05) is 29.5 Å². The van der Waals surface area contributed by atoms with E-state index in [1.165, 1.54) is 11.1 Å². The van der Waals surface area contributed by atoms with Gasteiger partial charge in [0.1, 0.15) is 0 Å². The Morgan fingerprint density at radius 1 is 0.789 bits per heavy atom. The molecular weight excluding hydrogens is 230 g/mol. The first-order valence-electron chi connectivity index (χ1n) is 6.30. The van der Waals surface area contributed by atoms with E-state index in [9.17, 15) is 0 Å². The van der Waals surface area contributed by atoms with Crippen molar-refractivity contribution in [2.75, 3.05) is 0 Å². The summed E-state index contributed by atoms with van der Waals surface area (Å²) in [7, 11) is 0. The van der Waals surface area contributed by atoms with E-state index in [1.807, 2.05) is 18.3 Å². The lowest BCUT2D eigenvalue weighted by Crippen LogP contribution is -2.20. The van der Waals surface area contributed by atoms with Crippen molar-refractivity contribution in [2.45, 2.75) is 6.92 Å². The van der Waals surface area contributed by atoms with Crippen LogP contribution in [0.5, 0.6) is 0 Å². The van der Waals surface area contributed by atoms with Crippen molar-refractivity contribution < 1.29 is 4.40 Å². The first kappa shape index (κ1) is 11.5. The Kier molecular flexibility index (Phi) is 3.00. The largest absolute Gasteiger partial charge is 0.210 e.